The quantitative estimate of drug-likeness (QED) is 0.262. The van der Waals surface area contributed by atoms with E-state index < -0.39 is 0 Å². The molecule has 6 heteroatoms. The number of nitrogens with zero attached hydrogens (tertiary/aromatic N) is 1. The molecule has 2 heterocycles. The van der Waals surface area contributed by atoms with E-state index in [1.165, 1.54) is 22.1 Å². The Labute approximate surface area is 194 Å². The Morgan fingerprint density at radius 1 is 1.00 bits per heavy atom. The number of H-pyrrole nitrogens is 1. The first-order valence-electron chi connectivity index (χ1n) is 11.1. The number of benzene rings is 2. The van der Waals surface area contributed by atoms with Crippen LogP contribution in [-0.4, -0.2) is 37.1 Å². The van der Waals surface area contributed by atoms with E-state index >= 15 is 0 Å². The lowest BCUT2D eigenvalue weighted by Gasteiger charge is -2.23. The Hall–Kier alpha value is -3.80. The Bertz CT molecular complexity index is 1200. The number of fused-ring (bicyclic) bond motifs is 1. The van der Waals surface area contributed by atoms with Crippen LogP contribution in [-0.2, 0) is 17.6 Å². The summed E-state index contributed by atoms with van der Waals surface area (Å²) in [5, 5.41) is 4.03. The van der Waals surface area contributed by atoms with Crippen LogP contribution in [0.15, 0.2) is 67.1 Å². The minimum Gasteiger partial charge on any atom is -0.493 e. The predicted molar refractivity (Wildman–Crippen MR) is 130 cm³/mol. The van der Waals surface area contributed by atoms with E-state index in [2.05, 4.69) is 57.9 Å². The first-order chi connectivity index (χ1) is 16.2. The number of hydrogen-bond donors (Lipinski definition) is 2. The van der Waals surface area contributed by atoms with Gasteiger partial charge in [0.25, 0.3) is 0 Å². The molecule has 2 N–H and O–H groups in total. The van der Waals surface area contributed by atoms with Gasteiger partial charge in [0.15, 0.2) is 11.5 Å². The number of rotatable bonds is 11. The average Bonchev–Trinajstić information content (AvgIpc) is 3.28. The Kier molecular flexibility index (Phi) is 7.25. The van der Waals surface area contributed by atoms with E-state index in [1.54, 1.807) is 14.2 Å². The van der Waals surface area contributed by atoms with Gasteiger partial charge in [0.1, 0.15) is 0 Å². The minimum absolute atomic E-state index is 0.132. The molecule has 1 unspecified atom stereocenters. The number of carbonyl (C=O) groups is 1. The molecule has 0 spiro atoms. The monoisotopic (exact) mass is 443 g/mol. The van der Waals surface area contributed by atoms with Crippen LogP contribution >= 0.6 is 0 Å². The molecule has 4 aromatic rings. The molecule has 0 bridgehead atoms. The highest BCUT2D eigenvalue weighted by Crippen LogP contribution is 2.39. The summed E-state index contributed by atoms with van der Waals surface area (Å²) in [4.78, 5) is 18.4. The predicted octanol–water partition coefficient (Wildman–Crippen LogP) is 4.63. The molecule has 0 aliphatic heterocycles. The lowest BCUT2D eigenvalue weighted by molar-refractivity contribution is -0.109. The fraction of sp³-hybridized carbons (Fsp3) is 0.259. The molecule has 2 aromatic heterocycles. The van der Waals surface area contributed by atoms with Crippen molar-refractivity contribution in [2.45, 2.75) is 25.2 Å². The highest BCUT2D eigenvalue weighted by Gasteiger charge is 2.21. The maximum atomic E-state index is 10.8. The summed E-state index contributed by atoms with van der Waals surface area (Å²) in [6.45, 7) is 0.553. The summed E-state index contributed by atoms with van der Waals surface area (Å²) in [5.74, 6) is 1.52. The highest BCUT2D eigenvalue weighted by molar-refractivity contribution is 5.83. The van der Waals surface area contributed by atoms with Gasteiger partial charge < -0.3 is 19.8 Å². The number of methoxy groups -OCH3 is 2. The molecule has 170 valence electrons. The minimum atomic E-state index is 0.132. The van der Waals surface area contributed by atoms with Crippen molar-refractivity contribution in [3.63, 3.8) is 0 Å². The van der Waals surface area contributed by atoms with Crippen molar-refractivity contribution in [1.82, 2.24) is 15.3 Å². The van der Waals surface area contributed by atoms with Gasteiger partial charge in [-0.25, -0.2) is 0 Å². The zero-order chi connectivity index (χ0) is 23.0. The summed E-state index contributed by atoms with van der Waals surface area (Å²) >= 11 is 0. The number of pyridine rings is 1. The number of carbonyl (C=O) groups excluding carboxylic acids is 1. The maximum Gasteiger partial charge on any atom is 0.207 e. The van der Waals surface area contributed by atoms with Crippen molar-refractivity contribution in [1.29, 1.82) is 0 Å². The number of aryl methyl sites for hydroxylation is 1. The van der Waals surface area contributed by atoms with Crippen molar-refractivity contribution >= 4 is 17.3 Å². The summed E-state index contributed by atoms with van der Waals surface area (Å²) in [6.07, 6.45) is 9.04. The highest BCUT2D eigenvalue weighted by atomic mass is 16.5. The number of aromatic nitrogens is 2. The molecule has 1 amide bonds. The molecule has 33 heavy (non-hydrogen) atoms. The molecule has 0 saturated carbocycles. The zero-order valence-corrected chi connectivity index (χ0v) is 19.0. The number of amides is 1. The molecule has 0 aliphatic rings. The van der Waals surface area contributed by atoms with E-state index in [1.807, 2.05) is 24.5 Å². The normalized spacial score (nSPS) is 11.8. The van der Waals surface area contributed by atoms with Gasteiger partial charge in [-0.2, -0.15) is 0 Å². The number of hydrogen-bond acceptors (Lipinski definition) is 4. The molecule has 4 rings (SSSR count). The van der Waals surface area contributed by atoms with E-state index in [-0.39, 0.29) is 5.92 Å². The van der Waals surface area contributed by atoms with Crippen LogP contribution in [0.4, 0.5) is 0 Å². The molecule has 0 radical (unpaired) electrons. The van der Waals surface area contributed by atoms with Crippen molar-refractivity contribution < 1.29 is 14.3 Å². The number of aromatic amines is 1. The third-order valence-electron chi connectivity index (χ3n) is 6.13. The largest absolute Gasteiger partial charge is 0.493 e. The summed E-state index contributed by atoms with van der Waals surface area (Å²) in [5.41, 5.74) is 5.95. The van der Waals surface area contributed by atoms with Gasteiger partial charge in [0.05, 0.1) is 14.2 Å². The van der Waals surface area contributed by atoms with Gasteiger partial charge in [-0.1, -0.05) is 18.2 Å². The van der Waals surface area contributed by atoms with Gasteiger partial charge in [-0.15, -0.1) is 0 Å². The van der Waals surface area contributed by atoms with Crippen molar-refractivity contribution in [3.8, 4) is 11.5 Å². The van der Waals surface area contributed by atoms with Crippen molar-refractivity contribution in [2.24, 2.45) is 0 Å². The molecular weight excluding hydrogens is 414 g/mol. The molecule has 1 atom stereocenters. The molecule has 0 fully saturated rings. The van der Waals surface area contributed by atoms with E-state index in [0.717, 1.165) is 30.3 Å². The van der Waals surface area contributed by atoms with Gasteiger partial charge in [0.2, 0.25) is 6.41 Å². The van der Waals surface area contributed by atoms with Crippen LogP contribution in [0, 0.1) is 0 Å². The number of para-hydroxylation sites is 1. The second kappa shape index (κ2) is 10.7. The van der Waals surface area contributed by atoms with Gasteiger partial charge in [-0.3, -0.25) is 9.78 Å². The number of nitrogens with one attached hydrogen (secondary N) is 2. The Balaban J connectivity index is 1.74. The summed E-state index contributed by atoms with van der Waals surface area (Å²) < 4.78 is 11.2. The van der Waals surface area contributed by atoms with Crippen LogP contribution < -0.4 is 14.8 Å². The van der Waals surface area contributed by atoms with Crippen LogP contribution in [0.25, 0.3) is 10.9 Å². The zero-order valence-electron chi connectivity index (χ0n) is 19.0. The summed E-state index contributed by atoms with van der Waals surface area (Å²) in [6, 6.07) is 16.6. The Morgan fingerprint density at radius 3 is 2.52 bits per heavy atom. The average molecular weight is 444 g/mol. The molecule has 2 aromatic carbocycles. The lowest BCUT2D eigenvalue weighted by atomic mass is 9.83. The Morgan fingerprint density at radius 2 is 1.76 bits per heavy atom. The first-order valence-corrected chi connectivity index (χ1v) is 11.1. The van der Waals surface area contributed by atoms with E-state index in [4.69, 9.17) is 9.47 Å². The second-order valence-corrected chi connectivity index (χ2v) is 7.96. The molecular formula is C27H29N3O3. The fourth-order valence-electron chi connectivity index (χ4n) is 4.48. The van der Waals surface area contributed by atoms with Gasteiger partial charge in [-0.05, 0) is 71.8 Å². The van der Waals surface area contributed by atoms with Crippen LogP contribution in [0.1, 0.15) is 34.6 Å². The third kappa shape index (κ3) is 5.00. The SMILES string of the molecule is COc1cc(CCNC=O)c(C(CCc2c[nH]c3ccccc23)c2ccncc2)cc1OC. The van der Waals surface area contributed by atoms with Crippen molar-refractivity contribution in [2.75, 3.05) is 20.8 Å². The van der Waals surface area contributed by atoms with Crippen LogP contribution in [0.5, 0.6) is 11.5 Å². The maximum absolute atomic E-state index is 10.8. The van der Waals surface area contributed by atoms with Crippen LogP contribution in [0.3, 0.4) is 0 Å². The van der Waals surface area contributed by atoms with Gasteiger partial charge >= 0.3 is 0 Å². The third-order valence-corrected chi connectivity index (χ3v) is 6.13. The topological polar surface area (TPSA) is 76.2 Å². The number of ether oxygens (including phenoxy) is 2. The van der Waals surface area contributed by atoms with Crippen molar-refractivity contribution in [3.05, 3.63) is 89.4 Å². The molecule has 0 saturated heterocycles. The lowest BCUT2D eigenvalue weighted by Crippen LogP contribution is -2.16. The smallest absolute Gasteiger partial charge is 0.207 e. The van der Waals surface area contributed by atoms with Crippen LogP contribution in [0.2, 0.25) is 0 Å². The molecule has 6 nitrogen and oxygen atoms in total. The molecule has 0 aliphatic carbocycles. The second-order valence-electron chi connectivity index (χ2n) is 7.96. The van der Waals surface area contributed by atoms with E-state index in [9.17, 15) is 4.79 Å². The standard InChI is InChI=1S/C27H29N3O3/c1-32-26-15-20(11-14-29-18-31)24(16-27(26)33-2)22(19-9-12-28-13-10-19)8-7-21-17-30-25-6-4-3-5-23(21)25/h3-6,9-10,12-13,15-18,22,30H,7-8,11,14H2,1-2H3,(H,29,31). The van der Waals surface area contributed by atoms with Gasteiger partial charge in [0, 0.05) is 42.0 Å². The van der Waals surface area contributed by atoms with E-state index in [0.29, 0.717) is 24.5 Å². The first kappa shape index (κ1) is 22.4. The fourth-order valence-corrected chi connectivity index (χ4v) is 4.48. The summed E-state index contributed by atoms with van der Waals surface area (Å²) in [7, 11) is 3.30.